The molecule has 1 fully saturated rings. The molecule has 1 aliphatic rings. The fourth-order valence-electron chi connectivity index (χ4n) is 2.87. The molecule has 2 rings (SSSR count). The average Bonchev–Trinajstić information content (AvgIpc) is 2.38. The summed E-state index contributed by atoms with van der Waals surface area (Å²) in [5.74, 6) is 1.59. The van der Waals surface area contributed by atoms with Gasteiger partial charge in [0.25, 0.3) is 0 Å². The van der Waals surface area contributed by atoms with E-state index in [1.807, 2.05) is 6.07 Å². The van der Waals surface area contributed by atoms with E-state index in [2.05, 4.69) is 50.2 Å². The van der Waals surface area contributed by atoms with Gasteiger partial charge >= 0.3 is 0 Å². The number of hydrogen-bond donors (Lipinski definition) is 1. The van der Waals surface area contributed by atoms with Crippen LogP contribution in [0.5, 0.6) is 5.75 Å². The molecular weight excluding hydrogens is 236 g/mol. The molecule has 1 N–H and O–H groups in total. The van der Waals surface area contributed by atoms with Crippen molar-refractivity contribution in [2.45, 2.75) is 39.3 Å². The van der Waals surface area contributed by atoms with Gasteiger partial charge < -0.3 is 15.0 Å². The number of rotatable bonds is 3. The number of piperidine rings is 1. The van der Waals surface area contributed by atoms with Crippen LogP contribution in [0.2, 0.25) is 0 Å². The summed E-state index contributed by atoms with van der Waals surface area (Å²) < 4.78 is 5.26. The van der Waals surface area contributed by atoms with Crippen LogP contribution in [-0.2, 0) is 0 Å². The summed E-state index contributed by atoms with van der Waals surface area (Å²) in [6.07, 6.45) is 1.20. The largest absolute Gasteiger partial charge is 0.497 e. The first-order valence-corrected chi connectivity index (χ1v) is 7.12. The maximum Gasteiger partial charge on any atom is 0.119 e. The first-order valence-electron chi connectivity index (χ1n) is 7.12. The highest BCUT2D eigenvalue weighted by Gasteiger charge is 2.28. The van der Waals surface area contributed by atoms with E-state index in [0.29, 0.717) is 18.0 Å². The number of methoxy groups -OCH3 is 1. The van der Waals surface area contributed by atoms with Crippen molar-refractivity contribution in [2.24, 2.45) is 5.92 Å². The molecule has 1 saturated heterocycles. The Morgan fingerprint density at radius 2 is 2.05 bits per heavy atom. The van der Waals surface area contributed by atoms with E-state index >= 15 is 0 Å². The number of nitrogens with one attached hydrogen (secondary N) is 1. The zero-order valence-corrected chi connectivity index (χ0v) is 12.7. The summed E-state index contributed by atoms with van der Waals surface area (Å²) in [7, 11) is 3.93. The number of benzene rings is 1. The molecule has 0 radical (unpaired) electrons. The lowest BCUT2D eigenvalue weighted by Gasteiger charge is -2.40. The van der Waals surface area contributed by atoms with E-state index in [9.17, 15) is 0 Å². The Kier molecular flexibility index (Phi) is 4.35. The maximum absolute atomic E-state index is 5.26. The van der Waals surface area contributed by atoms with Crippen molar-refractivity contribution >= 4 is 5.69 Å². The summed E-state index contributed by atoms with van der Waals surface area (Å²) in [6, 6.07) is 7.44. The predicted octanol–water partition coefficient (Wildman–Crippen LogP) is 3.14. The third-order valence-corrected chi connectivity index (χ3v) is 4.38. The number of nitrogens with zero attached hydrogens (tertiary/aromatic N) is 1. The molecule has 1 aromatic rings. The third-order valence-electron chi connectivity index (χ3n) is 4.38. The molecule has 19 heavy (non-hydrogen) atoms. The van der Waals surface area contributed by atoms with Gasteiger partial charge in [-0.2, -0.15) is 0 Å². The quantitative estimate of drug-likeness (QED) is 0.905. The van der Waals surface area contributed by atoms with E-state index in [4.69, 9.17) is 4.74 Å². The number of aryl methyl sites for hydroxylation is 1. The number of likely N-dealkylation sites (tertiary alicyclic amines) is 1. The normalized spacial score (nSPS) is 28.2. The minimum atomic E-state index is 0.554. The van der Waals surface area contributed by atoms with Crippen LogP contribution in [0.15, 0.2) is 18.2 Å². The van der Waals surface area contributed by atoms with Crippen molar-refractivity contribution in [3.05, 3.63) is 23.8 Å². The van der Waals surface area contributed by atoms with Gasteiger partial charge in [0.05, 0.1) is 7.11 Å². The Morgan fingerprint density at radius 1 is 1.32 bits per heavy atom. The molecule has 106 valence electrons. The Bertz CT molecular complexity index is 433. The topological polar surface area (TPSA) is 24.5 Å². The van der Waals surface area contributed by atoms with Gasteiger partial charge in [0.2, 0.25) is 0 Å². The molecule has 3 heteroatoms. The van der Waals surface area contributed by atoms with Gasteiger partial charge in [0.15, 0.2) is 0 Å². The molecule has 3 atom stereocenters. The third kappa shape index (κ3) is 3.21. The Labute approximate surface area is 116 Å². The maximum atomic E-state index is 5.26. The molecule has 0 aromatic heterocycles. The number of hydrogen-bond acceptors (Lipinski definition) is 3. The average molecular weight is 262 g/mol. The van der Waals surface area contributed by atoms with Crippen molar-refractivity contribution in [3.63, 3.8) is 0 Å². The molecule has 0 spiro atoms. The first-order chi connectivity index (χ1) is 9.01. The highest BCUT2D eigenvalue weighted by Crippen LogP contribution is 2.27. The molecule has 1 heterocycles. The second-order valence-electron chi connectivity index (χ2n) is 5.93. The van der Waals surface area contributed by atoms with Gasteiger partial charge in [0.1, 0.15) is 5.75 Å². The van der Waals surface area contributed by atoms with Crippen LogP contribution >= 0.6 is 0 Å². The van der Waals surface area contributed by atoms with Crippen LogP contribution < -0.4 is 10.1 Å². The van der Waals surface area contributed by atoms with Gasteiger partial charge in [-0.3, -0.25) is 0 Å². The van der Waals surface area contributed by atoms with Gasteiger partial charge in [-0.25, -0.2) is 0 Å². The summed E-state index contributed by atoms with van der Waals surface area (Å²) in [5.41, 5.74) is 2.48. The molecule has 3 nitrogen and oxygen atoms in total. The molecule has 1 aromatic carbocycles. The summed E-state index contributed by atoms with van der Waals surface area (Å²) in [6.45, 7) is 7.93. The zero-order chi connectivity index (χ0) is 14.0. The lowest BCUT2D eigenvalue weighted by Crippen LogP contribution is -2.48. The first kappa shape index (κ1) is 14.2. The molecule has 1 aliphatic heterocycles. The molecule has 0 aliphatic carbocycles. The molecular formula is C16H26N2O. The summed E-state index contributed by atoms with van der Waals surface area (Å²) in [4.78, 5) is 2.45. The molecule has 3 unspecified atom stereocenters. The van der Waals surface area contributed by atoms with Gasteiger partial charge in [-0.1, -0.05) is 6.92 Å². The monoisotopic (exact) mass is 262 g/mol. The van der Waals surface area contributed by atoms with Crippen molar-refractivity contribution in [1.29, 1.82) is 0 Å². The molecule has 0 saturated carbocycles. The number of ether oxygens (including phenoxy) is 1. The standard InChI is InChI=1S/C16H26N2O/c1-11-8-14(19-5)6-7-15(11)17-16-9-13(3)18(4)10-12(16)2/h6-8,12-13,16-17H,9-10H2,1-5H3. The van der Waals surface area contributed by atoms with Crippen molar-refractivity contribution in [3.8, 4) is 5.75 Å². The summed E-state index contributed by atoms with van der Waals surface area (Å²) >= 11 is 0. The van der Waals surface area contributed by atoms with E-state index in [-0.39, 0.29) is 0 Å². The lowest BCUT2D eigenvalue weighted by atomic mass is 9.89. The SMILES string of the molecule is COc1ccc(NC2CC(C)N(C)CC2C)c(C)c1. The molecule has 0 amide bonds. The highest BCUT2D eigenvalue weighted by molar-refractivity contribution is 5.54. The van der Waals surface area contributed by atoms with Crippen LogP contribution in [-0.4, -0.2) is 37.7 Å². The Balaban J connectivity index is 2.08. The van der Waals surface area contributed by atoms with Gasteiger partial charge in [-0.15, -0.1) is 0 Å². The minimum Gasteiger partial charge on any atom is -0.497 e. The Hall–Kier alpha value is -1.22. The van der Waals surface area contributed by atoms with Gasteiger partial charge in [0, 0.05) is 24.3 Å². The second-order valence-corrected chi connectivity index (χ2v) is 5.93. The van der Waals surface area contributed by atoms with Crippen LogP contribution in [0.4, 0.5) is 5.69 Å². The summed E-state index contributed by atoms with van der Waals surface area (Å²) in [5, 5.41) is 3.72. The smallest absolute Gasteiger partial charge is 0.119 e. The van der Waals surface area contributed by atoms with Crippen LogP contribution in [0.25, 0.3) is 0 Å². The van der Waals surface area contributed by atoms with Crippen molar-refractivity contribution in [2.75, 3.05) is 26.0 Å². The zero-order valence-electron chi connectivity index (χ0n) is 12.7. The van der Waals surface area contributed by atoms with E-state index in [0.717, 1.165) is 12.3 Å². The van der Waals surface area contributed by atoms with Crippen molar-refractivity contribution in [1.82, 2.24) is 4.90 Å². The lowest BCUT2D eigenvalue weighted by molar-refractivity contribution is 0.145. The van der Waals surface area contributed by atoms with Crippen LogP contribution in [0, 0.1) is 12.8 Å². The predicted molar refractivity (Wildman–Crippen MR) is 81.0 cm³/mol. The second kappa shape index (κ2) is 5.83. The van der Waals surface area contributed by atoms with Crippen LogP contribution in [0.1, 0.15) is 25.8 Å². The van der Waals surface area contributed by atoms with Gasteiger partial charge in [-0.05, 0) is 57.0 Å². The highest BCUT2D eigenvalue weighted by atomic mass is 16.5. The van der Waals surface area contributed by atoms with E-state index in [1.165, 1.54) is 17.7 Å². The van der Waals surface area contributed by atoms with Crippen LogP contribution in [0.3, 0.4) is 0 Å². The fraction of sp³-hybridized carbons (Fsp3) is 0.625. The van der Waals surface area contributed by atoms with E-state index < -0.39 is 0 Å². The van der Waals surface area contributed by atoms with E-state index in [1.54, 1.807) is 7.11 Å². The minimum absolute atomic E-state index is 0.554. The fourth-order valence-corrected chi connectivity index (χ4v) is 2.87. The molecule has 0 bridgehead atoms. The number of anilines is 1. The van der Waals surface area contributed by atoms with Crippen molar-refractivity contribution < 1.29 is 4.74 Å². The Morgan fingerprint density at radius 3 is 2.68 bits per heavy atom.